The molecule has 0 radical (unpaired) electrons. The van der Waals surface area contributed by atoms with E-state index in [1.165, 1.54) is 20.2 Å². The van der Waals surface area contributed by atoms with E-state index in [2.05, 4.69) is 10.5 Å². The molecule has 0 spiro atoms. The Kier molecular flexibility index (Phi) is 7.67. The van der Waals surface area contributed by atoms with E-state index in [0.29, 0.717) is 35.1 Å². The number of carbonyl (C=O) groups is 1. The maximum absolute atomic E-state index is 13.2. The molecule has 168 valence electrons. The molecule has 0 saturated heterocycles. The normalized spacial score (nSPS) is 16.2. The summed E-state index contributed by atoms with van der Waals surface area (Å²) in [5, 5.41) is 6.40. The maximum atomic E-state index is 13.2. The van der Waals surface area contributed by atoms with Gasteiger partial charge >= 0.3 is 6.18 Å². The Morgan fingerprint density at radius 1 is 1.16 bits per heavy atom. The van der Waals surface area contributed by atoms with Gasteiger partial charge in [-0.1, -0.05) is 28.4 Å². The number of nitrogens with one attached hydrogen (secondary N) is 1. The van der Waals surface area contributed by atoms with Gasteiger partial charge in [0.2, 0.25) is 0 Å². The zero-order chi connectivity index (χ0) is 23.3. The maximum Gasteiger partial charge on any atom is 0.416 e. The topological polar surface area (TPSA) is 85.9 Å². The van der Waals surface area contributed by atoms with Crippen molar-refractivity contribution in [2.45, 2.75) is 39.8 Å². The van der Waals surface area contributed by atoms with Gasteiger partial charge in [0.05, 0.1) is 5.56 Å². The van der Waals surface area contributed by atoms with Gasteiger partial charge < -0.3 is 15.0 Å². The van der Waals surface area contributed by atoms with E-state index in [1.807, 2.05) is 13.8 Å². The van der Waals surface area contributed by atoms with Crippen molar-refractivity contribution in [2.75, 3.05) is 14.2 Å². The summed E-state index contributed by atoms with van der Waals surface area (Å²) < 4.78 is 39.5. The van der Waals surface area contributed by atoms with E-state index in [1.54, 1.807) is 13.0 Å². The Morgan fingerprint density at radius 2 is 1.77 bits per heavy atom. The van der Waals surface area contributed by atoms with Crippen molar-refractivity contribution in [3.63, 3.8) is 0 Å². The molecule has 0 aromatic heterocycles. The number of nitrogens with zero attached hydrogens (tertiary/aromatic N) is 1. The number of nitrogens with two attached hydrogens (primary N) is 1. The third-order valence-electron chi connectivity index (χ3n) is 5.24. The first-order valence-electron chi connectivity index (χ1n) is 9.51. The molecular weight excluding hydrogens is 411 g/mol. The van der Waals surface area contributed by atoms with E-state index < -0.39 is 17.6 Å². The van der Waals surface area contributed by atoms with E-state index >= 15 is 0 Å². The summed E-state index contributed by atoms with van der Waals surface area (Å²) in [6.07, 6.45) is -3.70. The van der Waals surface area contributed by atoms with Crippen molar-refractivity contribution in [3.05, 3.63) is 63.4 Å². The second-order valence-electron chi connectivity index (χ2n) is 7.22. The average molecular weight is 437 g/mol. The van der Waals surface area contributed by atoms with Crippen LogP contribution in [-0.2, 0) is 20.6 Å². The number of hydrogen-bond acceptors (Lipinski definition) is 5. The number of carbonyl (C=O) groups excluding carboxylic acids is 1. The SMILES string of the molecule is CNC(=O)C(=NOC)C1=C(C(ON)=C(C)c2cccc(C(F)(F)F)c2)CC(C)=C(C)C1. The zero-order valence-corrected chi connectivity index (χ0v) is 18.1. The van der Waals surface area contributed by atoms with Crippen LogP contribution in [0.4, 0.5) is 13.2 Å². The van der Waals surface area contributed by atoms with Gasteiger partial charge in [-0.25, -0.2) is 0 Å². The number of hydrogen-bond donors (Lipinski definition) is 2. The standard InChI is InChI=1S/C22H26F3N3O3/c1-12-9-17(19(28-30-5)21(29)27-4)18(10-13(12)2)20(31-26)14(3)15-7-6-8-16(11-15)22(23,24)25/h6-8,11H,9-10,26H2,1-5H3,(H,27,29). The van der Waals surface area contributed by atoms with Crippen LogP contribution in [0.25, 0.3) is 5.57 Å². The second-order valence-corrected chi connectivity index (χ2v) is 7.22. The van der Waals surface area contributed by atoms with Crippen molar-refractivity contribution >= 4 is 17.2 Å². The Hall–Kier alpha value is -3.07. The summed E-state index contributed by atoms with van der Waals surface area (Å²) in [6, 6.07) is 4.90. The van der Waals surface area contributed by atoms with Gasteiger partial charge in [0.25, 0.3) is 5.91 Å². The predicted molar refractivity (Wildman–Crippen MR) is 112 cm³/mol. The van der Waals surface area contributed by atoms with Crippen molar-refractivity contribution in [1.82, 2.24) is 5.32 Å². The van der Waals surface area contributed by atoms with Crippen LogP contribution in [0.3, 0.4) is 0 Å². The van der Waals surface area contributed by atoms with Crippen molar-refractivity contribution in [1.29, 1.82) is 0 Å². The highest BCUT2D eigenvalue weighted by atomic mass is 19.4. The summed E-state index contributed by atoms with van der Waals surface area (Å²) in [5.41, 5.74) is 3.17. The first-order valence-corrected chi connectivity index (χ1v) is 9.51. The number of benzene rings is 1. The number of amides is 1. The van der Waals surface area contributed by atoms with E-state index in [9.17, 15) is 18.0 Å². The van der Waals surface area contributed by atoms with E-state index in [4.69, 9.17) is 15.6 Å². The molecule has 0 aliphatic heterocycles. The molecule has 2 rings (SSSR count). The fourth-order valence-corrected chi connectivity index (χ4v) is 3.38. The monoisotopic (exact) mass is 437 g/mol. The number of halogens is 3. The molecule has 0 bridgehead atoms. The lowest BCUT2D eigenvalue weighted by Gasteiger charge is -2.25. The molecule has 9 heteroatoms. The number of alkyl halides is 3. The zero-order valence-electron chi connectivity index (χ0n) is 18.1. The number of allylic oxidation sites excluding steroid dienone is 4. The van der Waals surface area contributed by atoms with Gasteiger partial charge in [0, 0.05) is 18.2 Å². The first-order chi connectivity index (χ1) is 14.5. The highest BCUT2D eigenvalue weighted by Gasteiger charge is 2.32. The van der Waals surface area contributed by atoms with Gasteiger partial charge in [0.15, 0.2) is 11.5 Å². The predicted octanol–water partition coefficient (Wildman–Crippen LogP) is 4.50. The van der Waals surface area contributed by atoms with Gasteiger partial charge in [-0.2, -0.15) is 19.1 Å². The minimum atomic E-state index is -4.48. The molecule has 1 aliphatic carbocycles. The molecule has 1 aromatic rings. The van der Waals surface area contributed by atoms with Crippen LogP contribution in [0.15, 0.2) is 57.5 Å². The summed E-state index contributed by atoms with van der Waals surface area (Å²) >= 11 is 0. The van der Waals surface area contributed by atoms with Gasteiger partial charge in [-0.15, -0.1) is 0 Å². The van der Waals surface area contributed by atoms with Crippen molar-refractivity contribution < 1.29 is 27.6 Å². The molecule has 31 heavy (non-hydrogen) atoms. The molecule has 3 N–H and O–H groups in total. The highest BCUT2D eigenvalue weighted by molar-refractivity contribution is 6.45. The molecule has 0 unspecified atom stereocenters. The van der Waals surface area contributed by atoms with Crippen LogP contribution in [0, 0.1) is 0 Å². The fraction of sp³-hybridized carbons (Fsp3) is 0.364. The highest BCUT2D eigenvalue weighted by Crippen LogP contribution is 2.38. The van der Waals surface area contributed by atoms with Gasteiger partial charge in [0.1, 0.15) is 7.11 Å². The van der Waals surface area contributed by atoms with Crippen LogP contribution in [0.2, 0.25) is 0 Å². The number of oxime groups is 1. The molecule has 1 aromatic carbocycles. The largest absolute Gasteiger partial charge is 0.416 e. The van der Waals surface area contributed by atoms with E-state index in [0.717, 1.165) is 23.3 Å². The second kappa shape index (κ2) is 9.82. The molecule has 6 nitrogen and oxygen atoms in total. The fourth-order valence-electron chi connectivity index (χ4n) is 3.38. The van der Waals surface area contributed by atoms with Crippen molar-refractivity contribution in [3.8, 4) is 0 Å². The van der Waals surface area contributed by atoms with Crippen LogP contribution in [0.1, 0.15) is 44.7 Å². The summed E-state index contributed by atoms with van der Waals surface area (Å²) in [4.78, 5) is 22.5. The minimum absolute atomic E-state index is 0.0539. The van der Waals surface area contributed by atoms with Crippen LogP contribution in [0.5, 0.6) is 0 Å². The lowest BCUT2D eigenvalue weighted by atomic mass is 9.82. The first kappa shape index (κ1) is 24.2. The molecule has 0 saturated carbocycles. The third kappa shape index (κ3) is 5.35. The van der Waals surface area contributed by atoms with Crippen molar-refractivity contribution in [2.24, 2.45) is 11.1 Å². The quantitative estimate of drug-likeness (QED) is 0.297. The molecule has 0 fully saturated rings. The molecular formula is C22H26F3N3O3. The molecule has 1 aliphatic rings. The Morgan fingerprint density at radius 3 is 2.29 bits per heavy atom. The van der Waals surface area contributed by atoms with Crippen LogP contribution < -0.4 is 11.2 Å². The molecule has 1 amide bonds. The summed E-state index contributed by atoms with van der Waals surface area (Å²) in [5.74, 6) is 5.31. The smallest absolute Gasteiger partial charge is 0.411 e. The van der Waals surface area contributed by atoms with Crippen LogP contribution in [-0.4, -0.2) is 25.8 Å². The minimum Gasteiger partial charge on any atom is -0.411 e. The molecule has 0 heterocycles. The number of rotatable bonds is 6. The Balaban J connectivity index is 2.75. The summed E-state index contributed by atoms with van der Waals surface area (Å²) in [7, 11) is 2.79. The van der Waals surface area contributed by atoms with Gasteiger partial charge in [-0.05, 0) is 56.9 Å². The molecule has 0 atom stereocenters. The lowest BCUT2D eigenvalue weighted by Crippen LogP contribution is -2.31. The summed E-state index contributed by atoms with van der Waals surface area (Å²) in [6.45, 7) is 5.50. The third-order valence-corrected chi connectivity index (χ3v) is 5.24. The van der Waals surface area contributed by atoms with E-state index in [-0.39, 0.29) is 11.5 Å². The lowest BCUT2D eigenvalue weighted by molar-refractivity contribution is -0.137. The van der Waals surface area contributed by atoms with Gasteiger partial charge in [-0.3, -0.25) is 4.79 Å². The Labute approximate surface area is 179 Å². The van der Waals surface area contributed by atoms with Crippen LogP contribution >= 0.6 is 0 Å². The average Bonchev–Trinajstić information content (AvgIpc) is 2.73. The Bertz CT molecular complexity index is 989.